The Balaban J connectivity index is 1.99. The minimum absolute atomic E-state index is 0.000231. The third kappa shape index (κ3) is 7.12. The van der Waals surface area contributed by atoms with E-state index in [1.54, 1.807) is 42.6 Å². The number of aliphatic hydroxyl groups excluding tert-OH is 1. The SMILES string of the molecule is C[C@@H](O)[C@H](NC(=O)OCc1ccccc1)C(=O)N[C@@H](Cc1cccnc1Br)C(N)=O. The van der Waals surface area contributed by atoms with Crippen molar-refractivity contribution in [2.75, 3.05) is 0 Å². The Kier molecular flexibility index (Phi) is 8.75. The van der Waals surface area contributed by atoms with E-state index in [-0.39, 0.29) is 13.0 Å². The topological polar surface area (TPSA) is 144 Å². The van der Waals surface area contributed by atoms with Crippen LogP contribution < -0.4 is 16.4 Å². The quantitative estimate of drug-likeness (QED) is 0.396. The first-order valence-corrected chi connectivity index (χ1v) is 9.91. The number of alkyl carbamates (subject to hydrolysis) is 1. The van der Waals surface area contributed by atoms with Crippen LogP contribution in [0.1, 0.15) is 18.1 Å². The van der Waals surface area contributed by atoms with Gasteiger partial charge in [0.05, 0.1) is 6.10 Å². The van der Waals surface area contributed by atoms with Crippen molar-refractivity contribution in [2.24, 2.45) is 5.73 Å². The van der Waals surface area contributed by atoms with Gasteiger partial charge in [-0.2, -0.15) is 0 Å². The van der Waals surface area contributed by atoms with Crippen LogP contribution >= 0.6 is 15.9 Å². The number of nitrogens with two attached hydrogens (primary N) is 1. The zero-order chi connectivity index (χ0) is 22.1. The van der Waals surface area contributed by atoms with E-state index in [2.05, 4.69) is 31.5 Å². The van der Waals surface area contributed by atoms with Gasteiger partial charge < -0.3 is 26.2 Å². The monoisotopic (exact) mass is 478 g/mol. The maximum absolute atomic E-state index is 12.6. The normalized spacial score (nSPS) is 13.6. The molecule has 0 fully saturated rings. The molecule has 0 saturated carbocycles. The number of halogens is 1. The number of pyridine rings is 1. The van der Waals surface area contributed by atoms with Crippen LogP contribution in [0.4, 0.5) is 4.79 Å². The van der Waals surface area contributed by atoms with E-state index in [1.807, 2.05) is 6.07 Å². The number of rotatable bonds is 9. The molecule has 0 spiro atoms. The van der Waals surface area contributed by atoms with Gasteiger partial charge in [-0.3, -0.25) is 9.59 Å². The van der Waals surface area contributed by atoms with Crippen molar-refractivity contribution >= 4 is 33.8 Å². The van der Waals surface area contributed by atoms with E-state index >= 15 is 0 Å². The van der Waals surface area contributed by atoms with Gasteiger partial charge >= 0.3 is 6.09 Å². The molecular weight excluding hydrogens is 456 g/mol. The Hall–Kier alpha value is -2.98. The van der Waals surface area contributed by atoms with Crippen molar-refractivity contribution in [3.63, 3.8) is 0 Å². The van der Waals surface area contributed by atoms with Crippen molar-refractivity contribution in [3.8, 4) is 0 Å². The van der Waals surface area contributed by atoms with Crippen molar-refractivity contribution in [3.05, 3.63) is 64.4 Å². The predicted octanol–water partition coefficient (Wildman–Crippen LogP) is 1.03. The molecule has 0 radical (unpaired) electrons. The minimum atomic E-state index is -1.34. The zero-order valence-corrected chi connectivity index (χ0v) is 17.8. The molecule has 30 heavy (non-hydrogen) atoms. The molecule has 1 aromatic heterocycles. The number of ether oxygens (including phenoxy) is 1. The predicted molar refractivity (Wildman–Crippen MR) is 112 cm³/mol. The highest BCUT2D eigenvalue weighted by molar-refractivity contribution is 9.10. The second-order valence-electron chi connectivity index (χ2n) is 6.55. The number of nitrogens with zero attached hydrogens (tertiary/aromatic N) is 1. The van der Waals surface area contributed by atoms with E-state index < -0.39 is 36.1 Å². The number of aliphatic hydroxyl groups is 1. The van der Waals surface area contributed by atoms with Crippen LogP contribution in [-0.4, -0.2) is 46.2 Å². The lowest BCUT2D eigenvalue weighted by Crippen LogP contribution is -2.57. The van der Waals surface area contributed by atoms with E-state index in [1.165, 1.54) is 6.92 Å². The van der Waals surface area contributed by atoms with Crippen LogP contribution in [0.5, 0.6) is 0 Å². The summed E-state index contributed by atoms with van der Waals surface area (Å²) in [6, 6.07) is 9.99. The summed E-state index contributed by atoms with van der Waals surface area (Å²) in [6.07, 6.45) is -0.473. The molecule has 2 rings (SSSR count). The highest BCUT2D eigenvalue weighted by Gasteiger charge is 2.30. The fourth-order valence-corrected chi connectivity index (χ4v) is 2.98. The number of aromatic nitrogens is 1. The average Bonchev–Trinajstić information content (AvgIpc) is 2.71. The molecule has 10 heteroatoms. The lowest BCUT2D eigenvalue weighted by atomic mass is 10.1. The van der Waals surface area contributed by atoms with Gasteiger partial charge in [0.25, 0.3) is 0 Å². The van der Waals surface area contributed by atoms with Crippen LogP contribution in [0.3, 0.4) is 0 Å². The van der Waals surface area contributed by atoms with Gasteiger partial charge in [-0.1, -0.05) is 36.4 Å². The van der Waals surface area contributed by atoms with Gasteiger partial charge in [0.2, 0.25) is 11.8 Å². The van der Waals surface area contributed by atoms with E-state index in [0.717, 1.165) is 5.56 Å². The number of amides is 3. The fraction of sp³-hybridized carbons (Fsp3) is 0.300. The van der Waals surface area contributed by atoms with Crippen molar-refractivity contribution in [1.29, 1.82) is 0 Å². The summed E-state index contributed by atoms with van der Waals surface area (Å²) in [6.45, 7) is 1.33. The zero-order valence-electron chi connectivity index (χ0n) is 16.2. The van der Waals surface area contributed by atoms with Crippen molar-refractivity contribution < 1.29 is 24.2 Å². The summed E-state index contributed by atoms with van der Waals surface area (Å²) < 4.78 is 5.59. The molecule has 0 aliphatic carbocycles. The molecule has 0 unspecified atom stereocenters. The first-order valence-electron chi connectivity index (χ1n) is 9.12. The second-order valence-corrected chi connectivity index (χ2v) is 7.30. The first kappa shape index (κ1) is 23.3. The Morgan fingerprint density at radius 2 is 1.87 bits per heavy atom. The Morgan fingerprint density at radius 3 is 2.47 bits per heavy atom. The summed E-state index contributed by atoms with van der Waals surface area (Å²) in [5.74, 6) is -1.54. The Labute approximate surface area is 182 Å². The molecule has 3 atom stereocenters. The van der Waals surface area contributed by atoms with E-state index in [9.17, 15) is 19.5 Å². The van der Waals surface area contributed by atoms with Crippen LogP contribution in [0.25, 0.3) is 0 Å². The van der Waals surface area contributed by atoms with Gasteiger partial charge in [0.15, 0.2) is 0 Å². The third-order valence-electron chi connectivity index (χ3n) is 4.17. The number of carbonyl (C=O) groups is 3. The van der Waals surface area contributed by atoms with Crippen LogP contribution in [0.2, 0.25) is 0 Å². The summed E-state index contributed by atoms with van der Waals surface area (Å²) in [5, 5.41) is 14.7. The first-order chi connectivity index (χ1) is 14.3. The highest BCUT2D eigenvalue weighted by Crippen LogP contribution is 2.14. The molecule has 5 N–H and O–H groups in total. The van der Waals surface area contributed by atoms with E-state index in [4.69, 9.17) is 10.5 Å². The molecule has 160 valence electrons. The summed E-state index contributed by atoms with van der Waals surface area (Å²) in [5.41, 5.74) is 6.83. The van der Waals surface area contributed by atoms with Gasteiger partial charge in [-0.25, -0.2) is 9.78 Å². The largest absolute Gasteiger partial charge is 0.445 e. The number of carbonyl (C=O) groups excluding carboxylic acids is 3. The Morgan fingerprint density at radius 1 is 1.17 bits per heavy atom. The van der Waals surface area contributed by atoms with Crippen LogP contribution in [-0.2, 0) is 27.4 Å². The fourth-order valence-electron chi connectivity index (χ4n) is 2.57. The minimum Gasteiger partial charge on any atom is -0.445 e. The van der Waals surface area contributed by atoms with Crippen LogP contribution in [0.15, 0.2) is 53.3 Å². The lowest BCUT2D eigenvalue weighted by Gasteiger charge is -2.23. The summed E-state index contributed by atoms with van der Waals surface area (Å²) in [4.78, 5) is 40.5. The number of primary amides is 1. The molecule has 1 heterocycles. The molecule has 0 bridgehead atoms. The summed E-state index contributed by atoms with van der Waals surface area (Å²) in [7, 11) is 0. The van der Waals surface area contributed by atoms with E-state index in [0.29, 0.717) is 10.2 Å². The molecule has 2 aromatic rings. The number of hydrogen-bond donors (Lipinski definition) is 4. The summed E-state index contributed by atoms with van der Waals surface area (Å²) >= 11 is 3.27. The van der Waals surface area contributed by atoms with Gasteiger partial charge in [-0.05, 0) is 40.0 Å². The maximum Gasteiger partial charge on any atom is 0.408 e. The molecule has 0 aliphatic rings. The third-order valence-corrected chi connectivity index (χ3v) is 4.89. The molecule has 0 saturated heterocycles. The average molecular weight is 479 g/mol. The molecular formula is C20H23BrN4O5. The lowest BCUT2D eigenvalue weighted by molar-refractivity contribution is -0.130. The van der Waals surface area contributed by atoms with Crippen molar-refractivity contribution in [2.45, 2.75) is 38.1 Å². The number of benzene rings is 1. The number of nitrogens with one attached hydrogen (secondary N) is 2. The standard InChI is InChI=1S/C20H23BrN4O5/c1-12(26)16(25-20(29)30-11-13-6-3-2-4-7-13)19(28)24-15(18(22)27)10-14-8-5-9-23-17(14)21/h2-9,12,15-16,26H,10-11H2,1H3,(H2,22,27)(H,24,28)(H,25,29)/t12-,15+,16+/m1/s1. The Bertz CT molecular complexity index is 879. The maximum atomic E-state index is 12.6. The number of hydrogen-bond acceptors (Lipinski definition) is 6. The molecule has 3 amide bonds. The van der Waals surface area contributed by atoms with Crippen molar-refractivity contribution in [1.82, 2.24) is 15.6 Å². The molecule has 0 aliphatic heterocycles. The van der Waals surface area contributed by atoms with Gasteiger partial charge in [-0.15, -0.1) is 0 Å². The highest BCUT2D eigenvalue weighted by atomic mass is 79.9. The second kappa shape index (κ2) is 11.3. The smallest absolute Gasteiger partial charge is 0.408 e. The van der Waals surface area contributed by atoms with Gasteiger partial charge in [0.1, 0.15) is 23.3 Å². The molecule has 1 aromatic carbocycles. The van der Waals surface area contributed by atoms with Crippen LogP contribution in [0, 0.1) is 0 Å². The van der Waals surface area contributed by atoms with Gasteiger partial charge in [0, 0.05) is 12.6 Å². The molecule has 9 nitrogen and oxygen atoms in total.